The summed E-state index contributed by atoms with van der Waals surface area (Å²) in [6, 6.07) is 68.6. The van der Waals surface area contributed by atoms with E-state index in [2.05, 4.69) is 182 Å². The van der Waals surface area contributed by atoms with Crippen molar-refractivity contribution in [3.63, 3.8) is 0 Å². The lowest BCUT2D eigenvalue weighted by Gasteiger charge is -2.40. The summed E-state index contributed by atoms with van der Waals surface area (Å²) in [4.78, 5) is 2.66. The lowest BCUT2D eigenvalue weighted by atomic mass is 9.61. The van der Waals surface area contributed by atoms with Crippen molar-refractivity contribution in [1.82, 2.24) is 0 Å². The number of hydrogen-bond donors (Lipinski definition) is 0. The van der Waals surface area contributed by atoms with Crippen molar-refractivity contribution >= 4 is 33.3 Å². The van der Waals surface area contributed by atoms with Crippen LogP contribution >= 0.6 is 11.8 Å². The third kappa shape index (κ3) is 3.68. The molecule has 1 aliphatic heterocycles. The smallest absolute Gasteiger partial charge is 0.0725 e. The molecule has 0 N–H and O–H groups in total. The molecule has 12 rings (SSSR count). The highest BCUT2D eigenvalue weighted by Crippen LogP contribution is 2.62. The molecule has 0 saturated carbocycles. The largest absolute Gasteiger partial charge is 0.0888 e. The standard InChI is InChI=1S/C51H30S/c1-3-17-43-37(13-1)39-27-25-36(30-46(39)51(43)44-18-4-2-14-38(44)40-15-5-9-33-11-7-19-45(51)49(33)40)32-23-21-31(22-24-32)35-26-28-47-42(29-35)41-16-6-10-34-12-8-20-48(52-47)50(34)41/h1-30H. The minimum absolute atomic E-state index is 0.408. The molecule has 0 nitrogen and oxygen atoms in total. The fourth-order valence-corrected chi connectivity index (χ4v) is 10.8. The second-order valence-electron chi connectivity index (χ2n) is 14.4. The van der Waals surface area contributed by atoms with E-state index < -0.39 is 5.41 Å². The average Bonchev–Trinajstić information content (AvgIpc) is 3.50. The predicted molar refractivity (Wildman–Crippen MR) is 218 cm³/mol. The van der Waals surface area contributed by atoms with Crippen molar-refractivity contribution in [1.29, 1.82) is 0 Å². The molecule has 9 aromatic carbocycles. The zero-order valence-electron chi connectivity index (χ0n) is 28.2. The molecule has 0 bridgehead atoms. The third-order valence-electron chi connectivity index (χ3n) is 11.9. The predicted octanol–water partition coefficient (Wildman–Crippen LogP) is 13.8. The fraction of sp³-hybridized carbons (Fsp3) is 0.0196. The highest BCUT2D eigenvalue weighted by atomic mass is 32.2. The molecule has 1 heteroatoms. The van der Waals surface area contributed by atoms with Crippen LogP contribution < -0.4 is 0 Å². The fourth-order valence-electron chi connectivity index (χ4n) is 9.71. The summed E-state index contributed by atoms with van der Waals surface area (Å²) in [6.45, 7) is 0. The summed E-state index contributed by atoms with van der Waals surface area (Å²) in [6.07, 6.45) is 0. The number of fused-ring (bicyclic) bond motifs is 11. The summed E-state index contributed by atoms with van der Waals surface area (Å²) in [5.74, 6) is 0. The van der Waals surface area contributed by atoms with Crippen LogP contribution in [0, 0.1) is 0 Å². The summed E-state index contributed by atoms with van der Waals surface area (Å²) in [5, 5.41) is 5.33. The molecule has 1 unspecified atom stereocenters. The maximum Gasteiger partial charge on any atom is 0.0725 e. The van der Waals surface area contributed by atoms with E-state index in [1.807, 2.05) is 11.8 Å². The van der Waals surface area contributed by atoms with Gasteiger partial charge in [0.2, 0.25) is 0 Å². The van der Waals surface area contributed by atoms with Crippen molar-refractivity contribution in [2.75, 3.05) is 0 Å². The highest BCUT2D eigenvalue weighted by molar-refractivity contribution is 7.99. The van der Waals surface area contributed by atoms with Gasteiger partial charge in [0, 0.05) is 15.2 Å². The van der Waals surface area contributed by atoms with Gasteiger partial charge in [0.15, 0.2) is 0 Å². The molecule has 240 valence electrons. The zero-order valence-corrected chi connectivity index (χ0v) is 29.0. The van der Waals surface area contributed by atoms with Crippen molar-refractivity contribution in [3.8, 4) is 55.6 Å². The molecule has 0 radical (unpaired) electrons. The maximum atomic E-state index is 2.49. The molecule has 1 atom stereocenters. The molecule has 0 fully saturated rings. The molecule has 52 heavy (non-hydrogen) atoms. The molecule has 0 amide bonds. The van der Waals surface area contributed by atoms with Crippen LogP contribution in [0.4, 0.5) is 0 Å². The van der Waals surface area contributed by atoms with Gasteiger partial charge in [-0.05, 0) is 118 Å². The van der Waals surface area contributed by atoms with Gasteiger partial charge in [0.05, 0.1) is 5.41 Å². The van der Waals surface area contributed by atoms with Gasteiger partial charge in [-0.1, -0.05) is 169 Å². The molecule has 1 spiro atoms. The van der Waals surface area contributed by atoms with Crippen LogP contribution in [0.3, 0.4) is 0 Å². The van der Waals surface area contributed by atoms with E-state index in [1.54, 1.807) is 0 Å². The Kier molecular flexibility index (Phi) is 5.73. The van der Waals surface area contributed by atoms with Gasteiger partial charge in [0.1, 0.15) is 0 Å². The first-order chi connectivity index (χ1) is 25.8. The molecule has 1 heterocycles. The number of hydrogen-bond acceptors (Lipinski definition) is 1. The first kappa shape index (κ1) is 28.5. The zero-order chi connectivity index (χ0) is 34.0. The second-order valence-corrected chi connectivity index (χ2v) is 15.4. The Bertz CT molecular complexity index is 2970. The summed E-state index contributed by atoms with van der Waals surface area (Å²) >= 11 is 1.88. The Labute approximate surface area is 307 Å². The SMILES string of the molecule is c1ccc2c(c1)-c1ccc(-c3ccc(-c4ccc5c(c4)-c4cccc6cccc(c46)S5)cc3)cc1C21c2ccccc2-c2cccc3cccc1c23. The van der Waals surface area contributed by atoms with Gasteiger partial charge >= 0.3 is 0 Å². The monoisotopic (exact) mass is 674 g/mol. The quantitative estimate of drug-likeness (QED) is 0.176. The van der Waals surface area contributed by atoms with Crippen molar-refractivity contribution in [2.45, 2.75) is 15.2 Å². The van der Waals surface area contributed by atoms with Crippen LogP contribution in [-0.2, 0) is 5.41 Å². The first-order valence-electron chi connectivity index (χ1n) is 18.1. The average molecular weight is 675 g/mol. The van der Waals surface area contributed by atoms with Crippen LogP contribution in [0.25, 0.3) is 77.2 Å². The van der Waals surface area contributed by atoms with E-state index in [0.717, 1.165) is 0 Å². The van der Waals surface area contributed by atoms with E-state index in [-0.39, 0.29) is 0 Å². The molecule has 9 aromatic rings. The summed E-state index contributed by atoms with van der Waals surface area (Å²) in [7, 11) is 0. The van der Waals surface area contributed by atoms with Crippen LogP contribution in [-0.4, -0.2) is 0 Å². The van der Waals surface area contributed by atoms with Gasteiger partial charge < -0.3 is 0 Å². The lowest BCUT2D eigenvalue weighted by molar-refractivity contribution is 0.774. The van der Waals surface area contributed by atoms with Crippen molar-refractivity contribution in [2.24, 2.45) is 0 Å². The van der Waals surface area contributed by atoms with Crippen LogP contribution in [0.5, 0.6) is 0 Å². The molecular weight excluding hydrogens is 645 g/mol. The highest BCUT2D eigenvalue weighted by Gasteiger charge is 2.50. The second kappa shape index (κ2) is 10.4. The molecule has 0 saturated heterocycles. The van der Waals surface area contributed by atoms with Gasteiger partial charge in [-0.25, -0.2) is 0 Å². The topological polar surface area (TPSA) is 0 Å². The summed E-state index contributed by atoms with van der Waals surface area (Å²) in [5.41, 5.74) is 18.0. The van der Waals surface area contributed by atoms with Crippen molar-refractivity contribution in [3.05, 3.63) is 204 Å². The van der Waals surface area contributed by atoms with Crippen LogP contribution in [0.1, 0.15) is 22.3 Å². The van der Waals surface area contributed by atoms with Gasteiger partial charge in [-0.3, -0.25) is 0 Å². The van der Waals surface area contributed by atoms with Crippen LogP contribution in [0.15, 0.2) is 192 Å². The minimum Gasteiger partial charge on any atom is -0.0888 e. The van der Waals surface area contributed by atoms with E-state index >= 15 is 0 Å². The molecule has 3 aliphatic rings. The summed E-state index contributed by atoms with van der Waals surface area (Å²) < 4.78 is 0. The Hall–Kier alpha value is -6.15. The normalized spacial score (nSPS) is 15.7. The Morgan fingerprint density at radius 1 is 0.288 bits per heavy atom. The Morgan fingerprint density at radius 3 is 1.52 bits per heavy atom. The lowest BCUT2D eigenvalue weighted by Crippen LogP contribution is -2.31. The maximum absolute atomic E-state index is 2.49. The Balaban J connectivity index is 1.01. The number of benzene rings is 9. The Morgan fingerprint density at radius 2 is 0.788 bits per heavy atom. The van der Waals surface area contributed by atoms with Crippen molar-refractivity contribution < 1.29 is 0 Å². The number of rotatable bonds is 2. The third-order valence-corrected chi connectivity index (χ3v) is 13.0. The first-order valence-corrected chi connectivity index (χ1v) is 18.9. The van der Waals surface area contributed by atoms with Gasteiger partial charge in [0.25, 0.3) is 0 Å². The molecular formula is C51H30S. The van der Waals surface area contributed by atoms with E-state index in [9.17, 15) is 0 Å². The van der Waals surface area contributed by atoms with E-state index in [1.165, 1.54) is 109 Å². The minimum atomic E-state index is -0.408. The van der Waals surface area contributed by atoms with E-state index in [4.69, 9.17) is 0 Å². The van der Waals surface area contributed by atoms with Crippen LogP contribution in [0.2, 0.25) is 0 Å². The molecule has 2 aliphatic carbocycles. The van der Waals surface area contributed by atoms with E-state index in [0.29, 0.717) is 0 Å². The van der Waals surface area contributed by atoms with Gasteiger partial charge in [-0.15, -0.1) is 0 Å². The van der Waals surface area contributed by atoms with Gasteiger partial charge in [-0.2, -0.15) is 0 Å². The molecule has 0 aromatic heterocycles.